The van der Waals surface area contributed by atoms with Gasteiger partial charge in [-0.05, 0) is 24.3 Å². The normalized spacial score (nSPS) is 8.94. The van der Waals surface area contributed by atoms with Gasteiger partial charge in [-0.2, -0.15) is 0 Å². The Hall–Kier alpha value is -2.21. The molecule has 0 aliphatic carbocycles. The third-order valence-corrected chi connectivity index (χ3v) is 1.85. The van der Waals surface area contributed by atoms with Gasteiger partial charge in [0.05, 0.1) is 0 Å². The fraction of sp³-hybridized carbons (Fsp3) is 0.154. The summed E-state index contributed by atoms with van der Waals surface area (Å²) in [6.07, 6.45) is 6.69. The molecule has 0 aromatic heterocycles. The highest BCUT2D eigenvalue weighted by Crippen LogP contribution is 2.11. The van der Waals surface area contributed by atoms with Crippen molar-refractivity contribution in [2.45, 2.75) is 0 Å². The summed E-state index contributed by atoms with van der Waals surface area (Å²) in [6.45, 7) is 4.20. The van der Waals surface area contributed by atoms with E-state index in [4.69, 9.17) is 11.2 Å². The van der Waals surface area contributed by atoms with Crippen molar-refractivity contribution in [3.8, 4) is 18.1 Å². The first kappa shape index (κ1) is 11.9. The SMILES string of the molecule is C#CCOc1ccc(C(=O)NCC=C)cc1. The van der Waals surface area contributed by atoms with Crippen molar-refractivity contribution >= 4 is 5.91 Å². The summed E-state index contributed by atoms with van der Waals surface area (Å²) >= 11 is 0. The third-order valence-electron chi connectivity index (χ3n) is 1.85. The van der Waals surface area contributed by atoms with E-state index in [0.29, 0.717) is 17.9 Å². The van der Waals surface area contributed by atoms with Gasteiger partial charge in [0, 0.05) is 12.1 Å². The number of ether oxygens (including phenoxy) is 1. The van der Waals surface area contributed by atoms with E-state index in [0.717, 1.165) is 0 Å². The molecule has 1 amide bonds. The van der Waals surface area contributed by atoms with E-state index in [1.165, 1.54) is 0 Å². The second-order valence-corrected chi connectivity index (χ2v) is 3.02. The molecule has 0 spiro atoms. The molecule has 0 radical (unpaired) electrons. The molecule has 1 N–H and O–H groups in total. The smallest absolute Gasteiger partial charge is 0.251 e. The molecule has 16 heavy (non-hydrogen) atoms. The molecular formula is C13H13NO2. The van der Waals surface area contributed by atoms with E-state index in [2.05, 4.69) is 17.8 Å². The Labute approximate surface area is 95.1 Å². The molecule has 1 aromatic carbocycles. The summed E-state index contributed by atoms with van der Waals surface area (Å²) in [5.74, 6) is 2.88. The second kappa shape index (κ2) is 6.31. The molecule has 0 bridgehead atoms. The van der Waals surface area contributed by atoms with Gasteiger partial charge in [0.25, 0.3) is 5.91 Å². The first-order valence-corrected chi connectivity index (χ1v) is 4.83. The van der Waals surface area contributed by atoms with Gasteiger partial charge in [0.2, 0.25) is 0 Å². The first-order chi connectivity index (χ1) is 7.77. The maximum absolute atomic E-state index is 11.5. The van der Waals surface area contributed by atoms with Crippen molar-refractivity contribution in [2.75, 3.05) is 13.2 Å². The summed E-state index contributed by atoms with van der Waals surface area (Å²) in [4.78, 5) is 11.5. The van der Waals surface area contributed by atoms with Crippen LogP contribution in [0.2, 0.25) is 0 Å². The van der Waals surface area contributed by atoms with Crippen molar-refractivity contribution < 1.29 is 9.53 Å². The number of hydrogen-bond acceptors (Lipinski definition) is 2. The topological polar surface area (TPSA) is 38.3 Å². The van der Waals surface area contributed by atoms with Crippen LogP contribution >= 0.6 is 0 Å². The number of terminal acetylenes is 1. The quantitative estimate of drug-likeness (QED) is 0.598. The molecule has 0 fully saturated rings. The summed E-state index contributed by atoms with van der Waals surface area (Å²) in [5, 5.41) is 2.68. The average Bonchev–Trinajstić information content (AvgIpc) is 2.34. The van der Waals surface area contributed by atoms with Crippen LogP contribution in [0.1, 0.15) is 10.4 Å². The van der Waals surface area contributed by atoms with Gasteiger partial charge in [-0.25, -0.2) is 0 Å². The lowest BCUT2D eigenvalue weighted by molar-refractivity contribution is 0.0958. The molecule has 3 heteroatoms. The highest BCUT2D eigenvalue weighted by atomic mass is 16.5. The highest BCUT2D eigenvalue weighted by molar-refractivity contribution is 5.94. The standard InChI is InChI=1S/C13H13NO2/c1-3-9-14-13(15)11-5-7-12(8-6-11)16-10-4-2/h2-3,5-8H,1,9-10H2,(H,14,15). The Bertz CT molecular complexity index is 401. The monoisotopic (exact) mass is 215 g/mol. The summed E-state index contributed by atoms with van der Waals surface area (Å²) in [6, 6.07) is 6.79. The van der Waals surface area contributed by atoms with E-state index in [1.54, 1.807) is 30.3 Å². The molecule has 82 valence electrons. The van der Waals surface area contributed by atoms with Crippen LogP contribution in [-0.2, 0) is 0 Å². The lowest BCUT2D eigenvalue weighted by Crippen LogP contribution is -2.22. The Morgan fingerprint density at radius 2 is 2.19 bits per heavy atom. The van der Waals surface area contributed by atoms with Crippen LogP contribution in [0.3, 0.4) is 0 Å². The van der Waals surface area contributed by atoms with Gasteiger partial charge >= 0.3 is 0 Å². The minimum atomic E-state index is -0.136. The van der Waals surface area contributed by atoms with Gasteiger partial charge in [-0.15, -0.1) is 13.0 Å². The summed E-state index contributed by atoms with van der Waals surface area (Å²) in [7, 11) is 0. The van der Waals surface area contributed by atoms with Crippen molar-refractivity contribution in [2.24, 2.45) is 0 Å². The maximum atomic E-state index is 11.5. The van der Waals surface area contributed by atoms with Crippen LogP contribution in [0.25, 0.3) is 0 Å². The largest absolute Gasteiger partial charge is 0.481 e. The predicted octanol–water partition coefficient (Wildman–Crippen LogP) is 1.61. The van der Waals surface area contributed by atoms with Gasteiger partial charge in [0.15, 0.2) is 0 Å². The number of rotatable bonds is 5. The molecule has 0 saturated carbocycles. The Kier molecular flexibility index (Phi) is 4.68. The first-order valence-electron chi connectivity index (χ1n) is 4.83. The lowest BCUT2D eigenvalue weighted by Gasteiger charge is -2.04. The number of nitrogens with one attached hydrogen (secondary N) is 1. The predicted molar refractivity (Wildman–Crippen MR) is 63.3 cm³/mol. The van der Waals surface area contributed by atoms with Crippen molar-refractivity contribution in [1.29, 1.82) is 0 Å². The molecule has 1 rings (SSSR count). The molecule has 0 saturated heterocycles. The van der Waals surface area contributed by atoms with Crippen LogP contribution < -0.4 is 10.1 Å². The fourth-order valence-corrected chi connectivity index (χ4v) is 1.09. The third kappa shape index (κ3) is 3.50. The number of carbonyl (C=O) groups is 1. The second-order valence-electron chi connectivity index (χ2n) is 3.02. The summed E-state index contributed by atoms with van der Waals surface area (Å²) in [5.41, 5.74) is 0.579. The Morgan fingerprint density at radius 3 is 2.75 bits per heavy atom. The fourth-order valence-electron chi connectivity index (χ4n) is 1.09. The highest BCUT2D eigenvalue weighted by Gasteiger charge is 2.03. The van der Waals surface area contributed by atoms with E-state index >= 15 is 0 Å². The number of carbonyl (C=O) groups excluding carboxylic acids is 1. The zero-order valence-electron chi connectivity index (χ0n) is 8.90. The van der Waals surface area contributed by atoms with Gasteiger partial charge in [-0.3, -0.25) is 4.79 Å². The molecule has 0 heterocycles. The van der Waals surface area contributed by atoms with Crippen LogP contribution in [0, 0.1) is 12.3 Å². The molecule has 0 aliphatic heterocycles. The van der Waals surface area contributed by atoms with E-state index in [-0.39, 0.29) is 12.5 Å². The van der Waals surface area contributed by atoms with Gasteiger partial charge < -0.3 is 10.1 Å². The van der Waals surface area contributed by atoms with E-state index < -0.39 is 0 Å². The van der Waals surface area contributed by atoms with Gasteiger partial charge in [0.1, 0.15) is 12.4 Å². The van der Waals surface area contributed by atoms with E-state index in [1.807, 2.05) is 0 Å². The van der Waals surface area contributed by atoms with Crippen LogP contribution in [0.5, 0.6) is 5.75 Å². The number of amides is 1. The average molecular weight is 215 g/mol. The summed E-state index contributed by atoms with van der Waals surface area (Å²) < 4.78 is 5.19. The van der Waals surface area contributed by atoms with E-state index in [9.17, 15) is 4.79 Å². The zero-order chi connectivity index (χ0) is 11.8. The number of benzene rings is 1. The van der Waals surface area contributed by atoms with Crippen molar-refractivity contribution in [1.82, 2.24) is 5.32 Å². The van der Waals surface area contributed by atoms with Crippen LogP contribution in [0.4, 0.5) is 0 Å². The zero-order valence-corrected chi connectivity index (χ0v) is 8.90. The lowest BCUT2D eigenvalue weighted by atomic mass is 10.2. The molecule has 0 aliphatic rings. The van der Waals surface area contributed by atoms with Crippen molar-refractivity contribution in [3.05, 3.63) is 42.5 Å². The molecule has 3 nitrogen and oxygen atoms in total. The molecule has 0 unspecified atom stereocenters. The Balaban J connectivity index is 2.60. The van der Waals surface area contributed by atoms with Crippen LogP contribution in [-0.4, -0.2) is 19.1 Å². The number of hydrogen-bond donors (Lipinski definition) is 1. The molecule has 0 atom stereocenters. The van der Waals surface area contributed by atoms with Gasteiger partial charge in [-0.1, -0.05) is 12.0 Å². The maximum Gasteiger partial charge on any atom is 0.251 e. The minimum Gasteiger partial charge on any atom is -0.481 e. The minimum absolute atomic E-state index is 0.136. The molecular weight excluding hydrogens is 202 g/mol. The Morgan fingerprint density at radius 1 is 1.50 bits per heavy atom. The molecule has 1 aromatic rings. The van der Waals surface area contributed by atoms with Crippen LogP contribution in [0.15, 0.2) is 36.9 Å². The van der Waals surface area contributed by atoms with Crippen molar-refractivity contribution in [3.63, 3.8) is 0 Å².